The molecule has 146 valence electrons. The third-order valence-electron chi connectivity index (χ3n) is 4.24. The van der Waals surface area contributed by atoms with Gasteiger partial charge in [-0.3, -0.25) is 9.52 Å². The third kappa shape index (κ3) is 7.31. The van der Waals surface area contributed by atoms with E-state index in [1.54, 1.807) is 19.2 Å². The molecule has 1 aromatic rings. The van der Waals surface area contributed by atoms with Crippen molar-refractivity contribution in [3.05, 3.63) is 29.8 Å². The largest absolute Gasteiger partial charge is 0.382 e. The number of anilines is 1. The van der Waals surface area contributed by atoms with Gasteiger partial charge in [-0.05, 0) is 37.0 Å². The van der Waals surface area contributed by atoms with Crippen molar-refractivity contribution in [2.75, 3.05) is 50.5 Å². The first-order valence-corrected chi connectivity index (χ1v) is 10.6. The molecule has 0 bridgehead atoms. The van der Waals surface area contributed by atoms with Crippen LogP contribution in [0, 0.1) is 0 Å². The number of carbonyl (C=O) groups excluding carboxylic acids is 1. The van der Waals surface area contributed by atoms with E-state index in [0.717, 1.165) is 31.5 Å². The molecule has 1 fully saturated rings. The number of sulfonamides is 1. The Morgan fingerprint density at radius 2 is 1.81 bits per heavy atom. The number of methoxy groups -OCH3 is 1. The maximum Gasteiger partial charge on any atom is 0.234 e. The van der Waals surface area contributed by atoms with Gasteiger partial charge in [-0.1, -0.05) is 12.1 Å². The second kappa shape index (κ2) is 10.5. The van der Waals surface area contributed by atoms with Crippen molar-refractivity contribution in [1.29, 1.82) is 0 Å². The summed E-state index contributed by atoms with van der Waals surface area (Å²) in [7, 11) is -1.88. The number of ether oxygens (including phenoxy) is 2. The van der Waals surface area contributed by atoms with Gasteiger partial charge in [0.15, 0.2) is 0 Å². The molecule has 0 aliphatic carbocycles. The zero-order chi connectivity index (χ0) is 18.8. The van der Waals surface area contributed by atoms with Crippen molar-refractivity contribution in [3.63, 3.8) is 0 Å². The minimum Gasteiger partial charge on any atom is -0.382 e. The van der Waals surface area contributed by atoms with Crippen LogP contribution in [0.3, 0.4) is 0 Å². The highest BCUT2D eigenvalue weighted by Crippen LogP contribution is 2.15. The fourth-order valence-corrected chi connectivity index (χ4v) is 3.69. The lowest BCUT2D eigenvalue weighted by molar-refractivity contribution is -0.130. The molecule has 1 saturated heterocycles. The number of carbonyl (C=O) groups is 1. The van der Waals surface area contributed by atoms with E-state index in [4.69, 9.17) is 9.47 Å². The Labute approximate surface area is 155 Å². The van der Waals surface area contributed by atoms with Gasteiger partial charge in [0, 0.05) is 32.3 Å². The number of likely N-dealkylation sites (tertiary alicyclic amines) is 1. The highest BCUT2D eigenvalue weighted by Gasteiger charge is 2.17. The van der Waals surface area contributed by atoms with Crippen LogP contribution >= 0.6 is 0 Å². The van der Waals surface area contributed by atoms with Crippen LogP contribution in [0.4, 0.5) is 5.69 Å². The van der Waals surface area contributed by atoms with Gasteiger partial charge in [-0.25, -0.2) is 8.42 Å². The first-order valence-electron chi connectivity index (χ1n) is 8.94. The molecule has 0 radical (unpaired) electrons. The minimum atomic E-state index is -3.45. The third-order valence-corrected chi connectivity index (χ3v) is 5.49. The average molecular weight is 384 g/mol. The van der Waals surface area contributed by atoms with E-state index in [2.05, 4.69) is 4.72 Å². The van der Waals surface area contributed by atoms with Gasteiger partial charge in [-0.2, -0.15) is 0 Å². The summed E-state index contributed by atoms with van der Waals surface area (Å²) in [6.45, 7) is 2.67. The van der Waals surface area contributed by atoms with E-state index in [-0.39, 0.29) is 18.3 Å². The molecule has 0 aromatic heterocycles. The van der Waals surface area contributed by atoms with Crippen LogP contribution in [0.25, 0.3) is 0 Å². The number of hydrogen-bond acceptors (Lipinski definition) is 5. The van der Waals surface area contributed by atoms with Gasteiger partial charge in [0.05, 0.1) is 25.6 Å². The topological polar surface area (TPSA) is 84.9 Å². The van der Waals surface area contributed by atoms with E-state index in [0.29, 0.717) is 31.7 Å². The second-order valence-corrected chi connectivity index (χ2v) is 8.15. The van der Waals surface area contributed by atoms with Crippen LogP contribution in [0.5, 0.6) is 0 Å². The molecular formula is C18H28N2O5S. The zero-order valence-corrected chi connectivity index (χ0v) is 16.1. The molecule has 1 aromatic carbocycles. The van der Waals surface area contributed by atoms with Crippen LogP contribution in [-0.2, 0) is 30.7 Å². The van der Waals surface area contributed by atoms with Gasteiger partial charge < -0.3 is 14.4 Å². The lowest BCUT2D eigenvalue weighted by Gasteiger charge is -2.15. The summed E-state index contributed by atoms with van der Waals surface area (Å²) in [5.74, 6) is 0.0868. The molecule has 0 saturated carbocycles. The highest BCUT2D eigenvalue weighted by molar-refractivity contribution is 7.92. The quantitative estimate of drug-likeness (QED) is 0.587. The molecule has 8 heteroatoms. The van der Waals surface area contributed by atoms with E-state index in [1.165, 1.54) is 0 Å². The second-order valence-electron chi connectivity index (χ2n) is 6.31. The van der Waals surface area contributed by atoms with E-state index < -0.39 is 10.0 Å². The summed E-state index contributed by atoms with van der Waals surface area (Å²) in [6, 6.07) is 7.15. The van der Waals surface area contributed by atoms with Gasteiger partial charge in [-0.15, -0.1) is 0 Å². The van der Waals surface area contributed by atoms with Crippen LogP contribution in [-0.4, -0.2) is 65.0 Å². The summed E-state index contributed by atoms with van der Waals surface area (Å²) >= 11 is 0. The fourth-order valence-electron chi connectivity index (χ4n) is 2.76. The van der Waals surface area contributed by atoms with Crippen LogP contribution in [0.1, 0.15) is 24.8 Å². The summed E-state index contributed by atoms with van der Waals surface area (Å²) in [5.41, 5.74) is 1.53. The number of benzene rings is 1. The van der Waals surface area contributed by atoms with Crippen LogP contribution in [0.15, 0.2) is 24.3 Å². The Morgan fingerprint density at radius 1 is 1.12 bits per heavy atom. The highest BCUT2D eigenvalue weighted by atomic mass is 32.2. The normalized spacial score (nSPS) is 14.6. The average Bonchev–Trinajstić information content (AvgIpc) is 3.15. The Hall–Kier alpha value is -1.64. The van der Waals surface area contributed by atoms with Crippen LogP contribution < -0.4 is 4.72 Å². The smallest absolute Gasteiger partial charge is 0.234 e. The maximum atomic E-state index is 12.1. The fraction of sp³-hybridized carbons (Fsp3) is 0.611. The monoisotopic (exact) mass is 384 g/mol. The van der Waals surface area contributed by atoms with Crippen LogP contribution in [0.2, 0.25) is 0 Å². The number of aryl methyl sites for hydroxylation is 1. The summed E-state index contributed by atoms with van der Waals surface area (Å²) < 4.78 is 36.6. The first-order chi connectivity index (χ1) is 12.5. The Bertz CT molecular complexity index is 655. The molecule has 7 nitrogen and oxygen atoms in total. The van der Waals surface area contributed by atoms with Crippen molar-refractivity contribution in [2.45, 2.75) is 25.7 Å². The van der Waals surface area contributed by atoms with Gasteiger partial charge in [0.2, 0.25) is 15.9 Å². The van der Waals surface area contributed by atoms with Crippen molar-refractivity contribution in [2.24, 2.45) is 0 Å². The molecule has 1 heterocycles. The number of nitrogens with one attached hydrogen (secondary N) is 1. The SMILES string of the molecule is COCCOCCS(=O)(=O)Nc1ccc(CCC(=O)N2CCCC2)cc1. The molecule has 1 aliphatic rings. The van der Waals surface area contributed by atoms with Gasteiger partial charge in [0.25, 0.3) is 0 Å². The predicted molar refractivity (Wildman–Crippen MR) is 101 cm³/mol. The summed E-state index contributed by atoms with van der Waals surface area (Å²) in [4.78, 5) is 14.0. The standard InChI is InChI=1S/C18H28N2O5S/c1-24-12-13-25-14-15-26(22,23)19-17-7-4-16(5-8-17)6-9-18(21)20-10-2-3-11-20/h4-5,7-8,19H,2-3,6,9-15H2,1H3. The lowest BCUT2D eigenvalue weighted by Crippen LogP contribution is -2.27. The Morgan fingerprint density at radius 3 is 2.46 bits per heavy atom. The molecule has 1 aliphatic heterocycles. The van der Waals surface area contributed by atoms with E-state index in [9.17, 15) is 13.2 Å². The molecule has 26 heavy (non-hydrogen) atoms. The summed E-state index contributed by atoms with van der Waals surface area (Å²) in [6.07, 6.45) is 3.34. The molecule has 2 rings (SSSR count). The van der Waals surface area contributed by atoms with Crippen molar-refractivity contribution < 1.29 is 22.7 Å². The molecule has 0 unspecified atom stereocenters. The first kappa shape index (κ1) is 20.7. The van der Waals surface area contributed by atoms with E-state index >= 15 is 0 Å². The Kier molecular flexibility index (Phi) is 8.34. The van der Waals surface area contributed by atoms with Crippen molar-refractivity contribution >= 4 is 21.6 Å². The predicted octanol–water partition coefficient (Wildman–Crippen LogP) is 1.65. The van der Waals surface area contributed by atoms with Gasteiger partial charge >= 0.3 is 0 Å². The molecule has 0 spiro atoms. The molecule has 0 atom stereocenters. The number of nitrogens with zero attached hydrogens (tertiary/aromatic N) is 1. The molecule has 1 amide bonds. The summed E-state index contributed by atoms with van der Waals surface area (Å²) in [5, 5.41) is 0. The van der Waals surface area contributed by atoms with Gasteiger partial charge in [0.1, 0.15) is 0 Å². The Balaban J connectivity index is 1.74. The van der Waals surface area contributed by atoms with E-state index in [1.807, 2.05) is 17.0 Å². The number of hydrogen-bond donors (Lipinski definition) is 1. The lowest BCUT2D eigenvalue weighted by atomic mass is 10.1. The van der Waals surface area contributed by atoms with Crippen molar-refractivity contribution in [3.8, 4) is 0 Å². The molecular weight excluding hydrogens is 356 g/mol. The van der Waals surface area contributed by atoms with Crippen molar-refractivity contribution in [1.82, 2.24) is 4.90 Å². The molecule has 1 N–H and O–H groups in total. The number of amides is 1. The maximum absolute atomic E-state index is 12.1. The number of rotatable bonds is 11. The minimum absolute atomic E-state index is 0.108. The zero-order valence-electron chi connectivity index (χ0n) is 15.3.